The van der Waals surface area contributed by atoms with E-state index in [4.69, 9.17) is 28.1 Å². The second-order valence-corrected chi connectivity index (χ2v) is 10.5. The van der Waals surface area contributed by atoms with Crippen molar-refractivity contribution < 1.29 is 74.1 Å². The van der Waals surface area contributed by atoms with Gasteiger partial charge >= 0.3 is 0 Å². The molecule has 240 valence electrons. The van der Waals surface area contributed by atoms with Gasteiger partial charge in [0.05, 0.1) is 19.8 Å². The van der Waals surface area contributed by atoms with Gasteiger partial charge in [-0.1, -0.05) is 0 Å². The number of hydrogen-bond donors (Lipinski definition) is 9. The summed E-state index contributed by atoms with van der Waals surface area (Å²) in [7, 11) is 1.28. The number of ether oxygens (including phenoxy) is 5. The SMILES string of the molecule is COc1cc(-c2oc3cc(O)cc(O)c3c(=O)c2O[C@@H]2O[C@H](CO[C@H]3O[C@@H](C)[C@H](O)[C@@H](O)[C@H]3O)[C@@H](O)[C@H](O)[C@H]2O)ccc1O. The molecule has 2 fully saturated rings. The normalized spacial score (nSPS) is 32.5. The summed E-state index contributed by atoms with van der Waals surface area (Å²) >= 11 is 0. The first-order chi connectivity index (χ1) is 20.8. The van der Waals surface area contributed by atoms with Crippen LogP contribution in [-0.2, 0) is 14.2 Å². The lowest BCUT2D eigenvalue weighted by Crippen LogP contribution is -2.61. The molecule has 2 aromatic carbocycles. The van der Waals surface area contributed by atoms with Gasteiger partial charge < -0.3 is 74.1 Å². The molecule has 3 aromatic rings. The van der Waals surface area contributed by atoms with E-state index in [2.05, 4.69) is 0 Å². The summed E-state index contributed by atoms with van der Waals surface area (Å²) in [5.74, 6) is -2.28. The quantitative estimate of drug-likeness (QED) is 0.147. The predicted molar refractivity (Wildman–Crippen MR) is 145 cm³/mol. The zero-order chi connectivity index (χ0) is 32.0. The number of benzene rings is 2. The summed E-state index contributed by atoms with van der Waals surface area (Å²) in [4.78, 5) is 13.7. The standard InChI is InChI=1S/C28H32O16/c1-9-18(32)21(35)23(37)27(41-9)40-8-16-19(33)22(36)24(38)28(43-16)44-26-20(34)17-13(31)6-11(29)7-15(17)42-25(26)10-3-4-12(30)14(5-10)39-2/h3-7,9,16,18-19,21-24,27-33,35-38H,8H2,1-2H3/t9-,16+,18-,19+,21+,22-,23+,24+,27-,28-/m0/s1. The van der Waals surface area contributed by atoms with Crippen LogP contribution in [0.4, 0.5) is 0 Å². The predicted octanol–water partition coefficient (Wildman–Crippen LogP) is -1.38. The zero-order valence-corrected chi connectivity index (χ0v) is 23.3. The van der Waals surface area contributed by atoms with Crippen LogP contribution in [0.5, 0.6) is 28.7 Å². The van der Waals surface area contributed by atoms with Gasteiger partial charge in [-0.15, -0.1) is 0 Å². The smallest absolute Gasteiger partial charge is 0.239 e. The van der Waals surface area contributed by atoms with Gasteiger partial charge in [0.15, 0.2) is 23.5 Å². The highest BCUT2D eigenvalue weighted by Crippen LogP contribution is 2.39. The van der Waals surface area contributed by atoms with E-state index >= 15 is 0 Å². The van der Waals surface area contributed by atoms with Gasteiger partial charge in [0.1, 0.15) is 65.2 Å². The number of hydrogen-bond acceptors (Lipinski definition) is 16. The first-order valence-electron chi connectivity index (χ1n) is 13.4. The highest BCUT2D eigenvalue weighted by atomic mass is 16.7. The minimum Gasteiger partial charge on any atom is -0.508 e. The van der Waals surface area contributed by atoms with Crippen molar-refractivity contribution in [2.24, 2.45) is 0 Å². The Balaban J connectivity index is 1.49. The lowest BCUT2D eigenvalue weighted by atomic mass is 9.98. The summed E-state index contributed by atoms with van der Waals surface area (Å²) in [6.07, 6.45) is -16.0. The van der Waals surface area contributed by atoms with E-state index in [9.17, 15) is 50.8 Å². The molecule has 0 amide bonds. The number of phenols is 3. The van der Waals surface area contributed by atoms with Gasteiger partial charge in [-0.05, 0) is 25.1 Å². The van der Waals surface area contributed by atoms with E-state index in [1.54, 1.807) is 0 Å². The van der Waals surface area contributed by atoms with E-state index in [1.165, 1.54) is 32.2 Å². The van der Waals surface area contributed by atoms with E-state index in [1.807, 2.05) is 0 Å². The first kappa shape index (κ1) is 31.7. The topological polar surface area (TPSA) is 258 Å². The van der Waals surface area contributed by atoms with Crippen molar-refractivity contribution in [1.82, 2.24) is 0 Å². The maximum Gasteiger partial charge on any atom is 0.239 e. The van der Waals surface area contributed by atoms with Crippen molar-refractivity contribution >= 4 is 11.0 Å². The number of rotatable bonds is 7. The third-order valence-corrected chi connectivity index (χ3v) is 7.50. The summed E-state index contributed by atoms with van der Waals surface area (Å²) in [5, 5.41) is 92.1. The number of phenolic OH excluding ortho intramolecular Hbond substituents is 3. The van der Waals surface area contributed by atoms with E-state index in [0.29, 0.717) is 0 Å². The van der Waals surface area contributed by atoms with Crippen LogP contribution in [0.25, 0.3) is 22.3 Å². The maximum atomic E-state index is 13.7. The Morgan fingerprint density at radius 3 is 2.18 bits per heavy atom. The molecular weight excluding hydrogens is 592 g/mol. The Labute approximate surface area is 248 Å². The van der Waals surface area contributed by atoms with Crippen LogP contribution in [0.2, 0.25) is 0 Å². The Morgan fingerprint density at radius 1 is 0.795 bits per heavy atom. The zero-order valence-electron chi connectivity index (χ0n) is 23.3. The Bertz CT molecular complexity index is 1560. The molecule has 2 aliphatic heterocycles. The Hall–Kier alpha value is -3.71. The van der Waals surface area contributed by atoms with E-state index in [0.717, 1.165) is 12.1 Å². The van der Waals surface area contributed by atoms with Crippen molar-refractivity contribution in [3.8, 4) is 40.1 Å². The van der Waals surface area contributed by atoms with Crippen LogP contribution < -0.4 is 14.9 Å². The molecule has 0 spiro atoms. The molecule has 2 saturated heterocycles. The van der Waals surface area contributed by atoms with E-state index in [-0.39, 0.29) is 28.4 Å². The fourth-order valence-electron chi connectivity index (χ4n) is 4.99. The van der Waals surface area contributed by atoms with Crippen molar-refractivity contribution in [1.29, 1.82) is 0 Å². The third kappa shape index (κ3) is 5.74. The first-order valence-corrected chi connectivity index (χ1v) is 13.4. The maximum absolute atomic E-state index is 13.7. The molecule has 10 atom stereocenters. The molecule has 0 unspecified atom stereocenters. The van der Waals surface area contributed by atoms with Gasteiger partial charge in [-0.3, -0.25) is 4.79 Å². The molecule has 16 heteroatoms. The average Bonchev–Trinajstić information content (AvgIpc) is 2.98. The molecule has 16 nitrogen and oxygen atoms in total. The summed E-state index contributed by atoms with van der Waals surface area (Å²) in [6, 6.07) is 5.83. The molecule has 2 aliphatic rings. The molecule has 44 heavy (non-hydrogen) atoms. The van der Waals surface area contributed by atoms with Gasteiger partial charge in [0.2, 0.25) is 17.5 Å². The fraction of sp³-hybridized carbons (Fsp3) is 0.464. The molecule has 0 saturated carbocycles. The largest absolute Gasteiger partial charge is 0.508 e. The molecular formula is C28H32O16. The lowest BCUT2D eigenvalue weighted by molar-refractivity contribution is -0.318. The second kappa shape index (κ2) is 12.4. The summed E-state index contributed by atoms with van der Waals surface area (Å²) in [5.41, 5.74) is -1.11. The molecule has 0 aliphatic carbocycles. The van der Waals surface area contributed by atoms with Crippen LogP contribution in [0.3, 0.4) is 0 Å². The van der Waals surface area contributed by atoms with Gasteiger partial charge in [0.25, 0.3) is 0 Å². The van der Waals surface area contributed by atoms with Crippen LogP contribution in [0.15, 0.2) is 39.5 Å². The molecule has 5 rings (SSSR count). The lowest BCUT2D eigenvalue weighted by Gasteiger charge is -2.42. The van der Waals surface area contributed by atoms with Crippen molar-refractivity contribution in [3.63, 3.8) is 0 Å². The summed E-state index contributed by atoms with van der Waals surface area (Å²) in [6.45, 7) is 0.845. The number of aliphatic hydroxyl groups excluding tert-OH is 6. The second-order valence-electron chi connectivity index (χ2n) is 10.5. The van der Waals surface area contributed by atoms with Crippen LogP contribution >= 0.6 is 0 Å². The molecule has 0 radical (unpaired) electrons. The number of aliphatic hydroxyl groups is 6. The molecule has 9 N–H and O–H groups in total. The highest BCUT2D eigenvalue weighted by Gasteiger charge is 2.47. The number of aromatic hydroxyl groups is 3. The summed E-state index contributed by atoms with van der Waals surface area (Å²) < 4.78 is 33.2. The van der Waals surface area contributed by atoms with Crippen molar-refractivity contribution in [2.45, 2.75) is 68.3 Å². The van der Waals surface area contributed by atoms with Crippen LogP contribution in [0, 0.1) is 0 Å². The Morgan fingerprint density at radius 2 is 1.48 bits per heavy atom. The van der Waals surface area contributed by atoms with Gasteiger partial charge in [-0.25, -0.2) is 0 Å². The van der Waals surface area contributed by atoms with Crippen LogP contribution in [0.1, 0.15) is 6.92 Å². The van der Waals surface area contributed by atoms with Crippen LogP contribution in [-0.4, -0.2) is 121 Å². The third-order valence-electron chi connectivity index (χ3n) is 7.50. The molecule has 1 aromatic heterocycles. The van der Waals surface area contributed by atoms with Gasteiger partial charge in [-0.2, -0.15) is 0 Å². The number of methoxy groups -OCH3 is 1. The number of fused-ring (bicyclic) bond motifs is 1. The highest BCUT2D eigenvalue weighted by molar-refractivity contribution is 5.88. The molecule has 3 heterocycles. The Kier molecular flexibility index (Phi) is 8.90. The van der Waals surface area contributed by atoms with Crippen molar-refractivity contribution in [2.75, 3.05) is 13.7 Å². The fourth-order valence-corrected chi connectivity index (χ4v) is 4.99. The van der Waals surface area contributed by atoms with E-state index < -0.39 is 96.1 Å². The monoisotopic (exact) mass is 624 g/mol. The average molecular weight is 625 g/mol. The molecule has 0 bridgehead atoms. The van der Waals surface area contributed by atoms with Gasteiger partial charge in [0, 0.05) is 17.7 Å². The minimum absolute atomic E-state index is 0.0151. The van der Waals surface area contributed by atoms with Crippen molar-refractivity contribution in [3.05, 3.63) is 40.6 Å². The minimum atomic E-state index is -1.94.